The topological polar surface area (TPSA) is 22.1 Å². The second-order valence-electron chi connectivity index (χ2n) is 5.93. The Bertz CT molecular complexity index is 746. The summed E-state index contributed by atoms with van der Waals surface area (Å²) in [5, 5.41) is 0.258. The minimum absolute atomic E-state index is 0.185. The first-order chi connectivity index (χ1) is 10.6. The Morgan fingerprint density at radius 1 is 1.09 bits per heavy atom. The van der Waals surface area contributed by atoms with Gasteiger partial charge in [0.25, 0.3) is 0 Å². The van der Waals surface area contributed by atoms with E-state index in [-0.39, 0.29) is 11.3 Å². The molecule has 0 N–H and O–H groups in total. The van der Waals surface area contributed by atoms with Gasteiger partial charge in [0.15, 0.2) is 0 Å². The minimum atomic E-state index is -0.603. The van der Waals surface area contributed by atoms with E-state index in [1.54, 1.807) is 6.07 Å². The number of rotatable bonds is 2. The van der Waals surface area contributed by atoms with Crippen LogP contribution >= 0.6 is 11.6 Å². The second kappa shape index (κ2) is 5.20. The van der Waals surface area contributed by atoms with E-state index in [1.807, 2.05) is 0 Å². The Kier molecular flexibility index (Phi) is 3.30. The molecule has 1 saturated carbocycles. The van der Waals surface area contributed by atoms with Crippen molar-refractivity contribution >= 4 is 11.6 Å². The normalized spacial score (nSPS) is 20.4. The second-order valence-corrected chi connectivity index (χ2v) is 6.32. The van der Waals surface area contributed by atoms with Crippen molar-refractivity contribution in [3.05, 3.63) is 46.6 Å². The molecule has 2 heterocycles. The number of fused-ring (bicyclic) bond motifs is 1. The van der Waals surface area contributed by atoms with Gasteiger partial charge in [0.1, 0.15) is 22.9 Å². The van der Waals surface area contributed by atoms with Crippen LogP contribution in [0.2, 0.25) is 5.15 Å². The van der Waals surface area contributed by atoms with Gasteiger partial charge >= 0.3 is 0 Å². The molecular weight excluding hydrogens is 308 g/mol. The van der Waals surface area contributed by atoms with Crippen molar-refractivity contribution in [2.24, 2.45) is 5.92 Å². The molecule has 4 rings (SSSR count). The summed E-state index contributed by atoms with van der Waals surface area (Å²) < 4.78 is 33.2. The SMILES string of the molecule is Fc1ccc(-c2cc(Cl)nc3c2CCC(C2CC2)O3)c(F)c1. The molecule has 0 amide bonds. The lowest BCUT2D eigenvalue weighted by Gasteiger charge is -2.27. The van der Waals surface area contributed by atoms with Crippen molar-refractivity contribution in [3.8, 4) is 17.0 Å². The fraction of sp³-hybridized carbons (Fsp3) is 0.353. The number of aromatic nitrogens is 1. The number of hydrogen-bond acceptors (Lipinski definition) is 2. The summed E-state index contributed by atoms with van der Waals surface area (Å²) in [7, 11) is 0. The Labute approximate surface area is 132 Å². The first kappa shape index (κ1) is 13.9. The minimum Gasteiger partial charge on any atom is -0.474 e. The van der Waals surface area contributed by atoms with Crippen LogP contribution in [0.15, 0.2) is 24.3 Å². The van der Waals surface area contributed by atoms with Crippen molar-refractivity contribution in [2.75, 3.05) is 0 Å². The van der Waals surface area contributed by atoms with Gasteiger partial charge in [-0.15, -0.1) is 0 Å². The summed E-state index contributed by atoms with van der Waals surface area (Å²) in [5.41, 5.74) is 1.82. The third kappa shape index (κ3) is 2.45. The van der Waals surface area contributed by atoms with Crippen LogP contribution in [-0.2, 0) is 6.42 Å². The summed E-state index contributed by atoms with van der Waals surface area (Å²) in [6.45, 7) is 0. The van der Waals surface area contributed by atoms with Crippen LogP contribution in [0.5, 0.6) is 5.88 Å². The lowest BCUT2D eigenvalue weighted by atomic mass is 9.94. The summed E-state index contributed by atoms with van der Waals surface area (Å²) >= 11 is 6.07. The lowest BCUT2D eigenvalue weighted by molar-refractivity contribution is 0.144. The molecule has 0 spiro atoms. The molecule has 1 atom stereocenters. The van der Waals surface area contributed by atoms with E-state index in [0.717, 1.165) is 24.5 Å². The zero-order chi connectivity index (χ0) is 15.3. The molecular formula is C17H14ClF2NO. The molecule has 2 nitrogen and oxygen atoms in total. The van der Waals surface area contributed by atoms with Crippen molar-refractivity contribution in [2.45, 2.75) is 31.8 Å². The third-order valence-electron chi connectivity index (χ3n) is 4.37. The van der Waals surface area contributed by atoms with E-state index in [2.05, 4.69) is 4.98 Å². The summed E-state index contributed by atoms with van der Waals surface area (Å²) in [5.74, 6) is -0.0941. The summed E-state index contributed by atoms with van der Waals surface area (Å²) in [6, 6.07) is 5.18. The van der Waals surface area contributed by atoms with Crippen LogP contribution in [0.3, 0.4) is 0 Å². The fourth-order valence-corrected chi connectivity index (χ4v) is 3.28. The van der Waals surface area contributed by atoms with E-state index in [0.29, 0.717) is 22.9 Å². The van der Waals surface area contributed by atoms with Gasteiger partial charge in [-0.05, 0) is 55.4 Å². The van der Waals surface area contributed by atoms with Crippen LogP contribution in [0.25, 0.3) is 11.1 Å². The van der Waals surface area contributed by atoms with Gasteiger partial charge in [-0.3, -0.25) is 0 Å². The number of benzene rings is 1. The summed E-state index contributed by atoms with van der Waals surface area (Å²) in [6.07, 6.45) is 4.24. The molecule has 2 aliphatic rings. The number of halogens is 3. The molecule has 5 heteroatoms. The van der Waals surface area contributed by atoms with Crippen molar-refractivity contribution in [1.29, 1.82) is 0 Å². The van der Waals surface area contributed by atoms with Crippen LogP contribution in [0.1, 0.15) is 24.8 Å². The molecule has 2 aromatic rings. The maximum absolute atomic E-state index is 14.1. The fourth-order valence-electron chi connectivity index (χ4n) is 3.09. The molecule has 1 fully saturated rings. The standard InChI is InChI=1S/C17H14ClF2NO/c18-16-8-13(11-4-3-10(19)7-14(11)20)12-5-6-15(9-1-2-9)22-17(12)21-16/h3-4,7-9,15H,1-2,5-6H2. The average Bonchev–Trinajstić information content (AvgIpc) is 3.30. The summed E-state index contributed by atoms with van der Waals surface area (Å²) in [4.78, 5) is 4.25. The number of hydrogen-bond donors (Lipinski definition) is 0. The predicted octanol–water partition coefficient (Wildman–Crippen LogP) is 4.78. The van der Waals surface area contributed by atoms with Gasteiger partial charge in [-0.1, -0.05) is 11.6 Å². The van der Waals surface area contributed by atoms with Crippen molar-refractivity contribution in [3.63, 3.8) is 0 Å². The third-order valence-corrected chi connectivity index (χ3v) is 4.56. The smallest absolute Gasteiger partial charge is 0.218 e. The average molecular weight is 322 g/mol. The van der Waals surface area contributed by atoms with Crippen molar-refractivity contribution < 1.29 is 13.5 Å². The molecule has 0 radical (unpaired) electrons. The first-order valence-electron chi connectivity index (χ1n) is 7.43. The number of ether oxygens (including phenoxy) is 1. The van der Waals surface area contributed by atoms with E-state index in [1.165, 1.54) is 25.0 Å². The Morgan fingerprint density at radius 3 is 2.64 bits per heavy atom. The molecule has 1 aromatic carbocycles. The predicted molar refractivity (Wildman–Crippen MR) is 80.1 cm³/mol. The highest BCUT2D eigenvalue weighted by Gasteiger charge is 2.36. The van der Waals surface area contributed by atoms with E-state index in [4.69, 9.17) is 16.3 Å². The van der Waals surface area contributed by atoms with Gasteiger partial charge in [-0.25, -0.2) is 13.8 Å². The molecule has 1 aliphatic heterocycles. The molecule has 22 heavy (non-hydrogen) atoms. The molecule has 114 valence electrons. The van der Waals surface area contributed by atoms with Crippen LogP contribution in [-0.4, -0.2) is 11.1 Å². The zero-order valence-corrected chi connectivity index (χ0v) is 12.5. The Hall–Kier alpha value is -1.68. The molecule has 1 aliphatic carbocycles. The maximum atomic E-state index is 14.1. The molecule has 1 unspecified atom stereocenters. The highest BCUT2D eigenvalue weighted by Crippen LogP contribution is 2.43. The van der Waals surface area contributed by atoms with Crippen molar-refractivity contribution in [1.82, 2.24) is 4.98 Å². The molecule has 0 bridgehead atoms. The van der Waals surface area contributed by atoms with Gasteiger partial charge in [0.2, 0.25) is 5.88 Å². The van der Waals surface area contributed by atoms with Gasteiger partial charge < -0.3 is 4.74 Å². The van der Waals surface area contributed by atoms with Crippen LogP contribution in [0.4, 0.5) is 8.78 Å². The lowest BCUT2D eigenvalue weighted by Crippen LogP contribution is -2.25. The zero-order valence-electron chi connectivity index (χ0n) is 11.8. The maximum Gasteiger partial charge on any atom is 0.218 e. The first-order valence-corrected chi connectivity index (χ1v) is 7.81. The van der Waals surface area contributed by atoms with Gasteiger partial charge in [-0.2, -0.15) is 0 Å². The largest absolute Gasteiger partial charge is 0.474 e. The molecule has 1 aromatic heterocycles. The van der Waals surface area contributed by atoms with Crippen LogP contribution < -0.4 is 4.74 Å². The monoisotopic (exact) mass is 321 g/mol. The highest BCUT2D eigenvalue weighted by molar-refractivity contribution is 6.29. The highest BCUT2D eigenvalue weighted by atomic mass is 35.5. The quantitative estimate of drug-likeness (QED) is 0.742. The van der Waals surface area contributed by atoms with E-state index in [9.17, 15) is 8.78 Å². The van der Waals surface area contributed by atoms with E-state index < -0.39 is 11.6 Å². The number of pyridine rings is 1. The van der Waals surface area contributed by atoms with E-state index >= 15 is 0 Å². The number of nitrogens with zero attached hydrogens (tertiary/aromatic N) is 1. The molecule has 0 saturated heterocycles. The van der Waals surface area contributed by atoms with Gasteiger partial charge in [0, 0.05) is 17.2 Å². The van der Waals surface area contributed by atoms with Gasteiger partial charge in [0.05, 0.1) is 0 Å². The van der Waals surface area contributed by atoms with Crippen LogP contribution in [0, 0.1) is 17.6 Å². The Balaban J connectivity index is 1.80. The Morgan fingerprint density at radius 2 is 1.91 bits per heavy atom.